The van der Waals surface area contributed by atoms with E-state index in [1.807, 2.05) is 11.8 Å². The van der Waals surface area contributed by atoms with Gasteiger partial charge in [0.2, 0.25) is 5.91 Å². The SMILES string of the molecule is CC1CN(CC(=O)Nc2cccc(Cl)c2Cl)CC(CO)O1. The van der Waals surface area contributed by atoms with Gasteiger partial charge in [-0.3, -0.25) is 9.69 Å². The first-order chi connectivity index (χ1) is 9.99. The number of morpholine rings is 1. The summed E-state index contributed by atoms with van der Waals surface area (Å²) in [5, 5.41) is 12.7. The van der Waals surface area contributed by atoms with Crippen molar-refractivity contribution in [3.63, 3.8) is 0 Å². The average molecular weight is 333 g/mol. The van der Waals surface area contributed by atoms with Gasteiger partial charge in [-0.1, -0.05) is 29.3 Å². The van der Waals surface area contributed by atoms with E-state index in [2.05, 4.69) is 5.32 Å². The molecule has 2 N–H and O–H groups in total. The summed E-state index contributed by atoms with van der Waals surface area (Å²) >= 11 is 11.9. The zero-order valence-electron chi connectivity index (χ0n) is 11.7. The predicted octanol–water partition coefficient (Wildman–Crippen LogP) is 2.01. The first kappa shape index (κ1) is 16.5. The Morgan fingerprint density at radius 3 is 2.95 bits per heavy atom. The molecule has 0 aromatic heterocycles. The Labute approximate surface area is 133 Å². The molecular formula is C14H18Cl2N2O3. The lowest BCUT2D eigenvalue weighted by Gasteiger charge is -2.35. The van der Waals surface area contributed by atoms with E-state index in [-0.39, 0.29) is 31.3 Å². The topological polar surface area (TPSA) is 61.8 Å². The number of benzene rings is 1. The summed E-state index contributed by atoms with van der Waals surface area (Å²) in [5.74, 6) is -0.176. The summed E-state index contributed by atoms with van der Waals surface area (Å²) in [7, 11) is 0. The van der Waals surface area contributed by atoms with Gasteiger partial charge in [-0.2, -0.15) is 0 Å². The van der Waals surface area contributed by atoms with E-state index in [0.717, 1.165) is 0 Å². The molecule has 2 atom stereocenters. The molecule has 1 aliphatic rings. The van der Waals surface area contributed by atoms with Gasteiger partial charge in [0, 0.05) is 13.1 Å². The molecule has 1 saturated heterocycles. The van der Waals surface area contributed by atoms with Crippen molar-refractivity contribution in [3.8, 4) is 0 Å². The monoisotopic (exact) mass is 332 g/mol. The number of amides is 1. The summed E-state index contributed by atoms with van der Waals surface area (Å²) in [5.41, 5.74) is 0.495. The molecule has 1 fully saturated rings. The number of anilines is 1. The lowest BCUT2D eigenvalue weighted by molar-refractivity contribution is -0.124. The third kappa shape index (κ3) is 4.56. The first-order valence-corrected chi connectivity index (χ1v) is 7.47. The minimum atomic E-state index is -0.253. The molecule has 0 aliphatic carbocycles. The van der Waals surface area contributed by atoms with E-state index in [1.165, 1.54) is 0 Å². The molecule has 116 valence electrons. The number of hydrogen-bond donors (Lipinski definition) is 2. The smallest absolute Gasteiger partial charge is 0.238 e. The molecule has 5 nitrogen and oxygen atoms in total. The molecule has 2 rings (SSSR count). The quantitative estimate of drug-likeness (QED) is 0.885. The van der Waals surface area contributed by atoms with Crippen LogP contribution in [0, 0.1) is 0 Å². The van der Waals surface area contributed by atoms with E-state index < -0.39 is 0 Å². The highest BCUT2D eigenvalue weighted by molar-refractivity contribution is 6.43. The number of carbonyl (C=O) groups is 1. The molecule has 1 aliphatic heterocycles. The van der Waals surface area contributed by atoms with Crippen molar-refractivity contribution >= 4 is 34.8 Å². The third-order valence-electron chi connectivity index (χ3n) is 3.20. The molecule has 1 amide bonds. The Kier molecular flexibility index (Phi) is 5.84. The second-order valence-corrected chi connectivity index (χ2v) is 5.88. The van der Waals surface area contributed by atoms with Crippen LogP contribution >= 0.6 is 23.2 Å². The van der Waals surface area contributed by atoms with Crippen molar-refractivity contribution in [3.05, 3.63) is 28.2 Å². The number of nitrogens with one attached hydrogen (secondary N) is 1. The molecular weight excluding hydrogens is 315 g/mol. The highest BCUT2D eigenvalue weighted by Crippen LogP contribution is 2.29. The molecule has 7 heteroatoms. The number of aliphatic hydroxyl groups excluding tert-OH is 1. The summed E-state index contributed by atoms with van der Waals surface area (Å²) in [6, 6.07) is 5.09. The van der Waals surface area contributed by atoms with Crippen LogP contribution in [-0.4, -0.2) is 54.4 Å². The van der Waals surface area contributed by atoms with Gasteiger partial charge < -0.3 is 15.2 Å². The zero-order chi connectivity index (χ0) is 15.4. The van der Waals surface area contributed by atoms with Crippen molar-refractivity contribution in [2.75, 3.05) is 31.6 Å². The van der Waals surface area contributed by atoms with Gasteiger partial charge in [-0.05, 0) is 19.1 Å². The zero-order valence-corrected chi connectivity index (χ0v) is 13.2. The van der Waals surface area contributed by atoms with Gasteiger partial charge in [0.25, 0.3) is 0 Å². The summed E-state index contributed by atoms with van der Waals surface area (Å²) in [4.78, 5) is 14.0. The van der Waals surface area contributed by atoms with Crippen LogP contribution in [0.2, 0.25) is 10.0 Å². The van der Waals surface area contributed by atoms with E-state index >= 15 is 0 Å². The molecule has 0 radical (unpaired) electrons. The Hall–Kier alpha value is -0.850. The van der Waals surface area contributed by atoms with Gasteiger partial charge in [0.05, 0.1) is 41.1 Å². The lowest BCUT2D eigenvalue weighted by atomic mass is 10.2. The van der Waals surface area contributed by atoms with Crippen LogP contribution in [0.3, 0.4) is 0 Å². The summed E-state index contributed by atoms with van der Waals surface area (Å²) in [6.45, 7) is 3.25. The number of aliphatic hydroxyl groups is 1. The van der Waals surface area contributed by atoms with Crippen LogP contribution in [-0.2, 0) is 9.53 Å². The van der Waals surface area contributed by atoms with Crippen LogP contribution in [0.25, 0.3) is 0 Å². The second kappa shape index (κ2) is 7.42. The lowest BCUT2D eigenvalue weighted by Crippen LogP contribution is -2.50. The Bertz CT molecular complexity index is 513. The molecule has 1 aromatic rings. The molecule has 1 heterocycles. The van der Waals surface area contributed by atoms with Crippen molar-refractivity contribution in [2.45, 2.75) is 19.1 Å². The maximum atomic E-state index is 12.1. The Balaban J connectivity index is 1.93. The van der Waals surface area contributed by atoms with Crippen LogP contribution < -0.4 is 5.32 Å². The highest BCUT2D eigenvalue weighted by Gasteiger charge is 2.26. The molecule has 1 aromatic carbocycles. The van der Waals surface area contributed by atoms with Crippen LogP contribution in [0.4, 0.5) is 5.69 Å². The average Bonchev–Trinajstić information content (AvgIpc) is 2.43. The molecule has 0 saturated carbocycles. The Morgan fingerprint density at radius 1 is 1.48 bits per heavy atom. The minimum absolute atomic E-state index is 0.0153. The number of halogens is 2. The fourth-order valence-electron chi connectivity index (χ4n) is 2.36. The predicted molar refractivity (Wildman–Crippen MR) is 83.0 cm³/mol. The normalized spacial score (nSPS) is 23.0. The fraction of sp³-hybridized carbons (Fsp3) is 0.500. The number of nitrogens with zero attached hydrogens (tertiary/aromatic N) is 1. The number of hydrogen-bond acceptors (Lipinski definition) is 4. The van der Waals surface area contributed by atoms with Crippen molar-refractivity contribution in [1.29, 1.82) is 0 Å². The largest absolute Gasteiger partial charge is 0.394 e. The Morgan fingerprint density at radius 2 is 2.24 bits per heavy atom. The van der Waals surface area contributed by atoms with Crippen molar-refractivity contribution < 1.29 is 14.6 Å². The van der Waals surface area contributed by atoms with E-state index in [4.69, 9.17) is 27.9 Å². The van der Waals surface area contributed by atoms with E-state index in [1.54, 1.807) is 18.2 Å². The van der Waals surface area contributed by atoms with Crippen LogP contribution in [0.5, 0.6) is 0 Å². The number of rotatable bonds is 4. The summed E-state index contributed by atoms with van der Waals surface area (Å²) in [6.07, 6.45) is -0.269. The van der Waals surface area contributed by atoms with Gasteiger partial charge >= 0.3 is 0 Å². The summed E-state index contributed by atoms with van der Waals surface area (Å²) < 4.78 is 5.54. The molecule has 0 bridgehead atoms. The van der Waals surface area contributed by atoms with Gasteiger partial charge in [-0.25, -0.2) is 0 Å². The first-order valence-electron chi connectivity index (χ1n) is 6.72. The highest BCUT2D eigenvalue weighted by atomic mass is 35.5. The van der Waals surface area contributed by atoms with Crippen molar-refractivity contribution in [2.24, 2.45) is 0 Å². The van der Waals surface area contributed by atoms with Crippen LogP contribution in [0.15, 0.2) is 18.2 Å². The number of carbonyl (C=O) groups excluding carboxylic acids is 1. The van der Waals surface area contributed by atoms with E-state index in [9.17, 15) is 9.90 Å². The maximum absolute atomic E-state index is 12.1. The molecule has 2 unspecified atom stereocenters. The standard InChI is InChI=1S/C14H18Cl2N2O3/c1-9-5-18(6-10(8-19)21-9)7-13(20)17-12-4-2-3-11(15)14(12)16/h2-4,9-10,19H,5-8H2,1H3,(H,17,20). The van der Waals surface area contributed by atoms with Gasteiger partial charge in [-0.15, -0.1) is 0 Å². The number of ether oxygens (including phenoxy) is 1. The minimum Gasteiger partial charge on any atom is -0.394 e. The van der Waals surface area contributed by atoms with Gasteiger partial charge in [0.15, 0.2) is 0 Å². The third-order valence-corrected chi connectivity index (χ3v) is 4.02. The maximum Gasteiger partial charge on any atom is 0.238 e. The molecule has 21 heavy (non-hydrogen) atoms. The van der Waals surface area contributed by atoms with Gasteiger partial charge in [0.1, 0.15) is 0 Å². The molecule has 0 spiro atoms. The fourth-order valence-corrected chi connectivity index (χ4v) is 2.71. The van der Waals surface area contributed by atoms with Crippen LogP contribution in [0.1, 0.15) is 6.92 Å². The van der Waals surface area contributed by atoms with E-state index in [0.29, 0.717) is 28.8 Å². The van der Waals surface area contributed by atoms with Crippen molar-refractivity contribution in [1.82, 2.24) is 4.90 Å². The second-order valence-electron chi connectivity index (χ2n) is 5.09.